The third-order valence-corrected chi connectivity index (χ3v) is 3.75. The lowest BCUT2D eigenvalue weighted by Gasteiger charge is -2.17. The molecule has 1 aromatic carbocycles. The van der Waals surface area contributed by atoms with Crippen molar-refractivity contribution in [2.45, 2.75) is 46.5 Å². The van der Waals surface area contributed by atoms with E-state index in [0.717, 1.165) is 42.6 Å². The van der Waals surface area contributed by atoms with E-state index in [1.807, 2.05) is 13.0 Å². The van der Waals surface area contributed by atoms with Gasteiger partial charge in [-0.1, -0.05) is 19.8 Å². The summed E-state index contributed by atoms with van der Waals surface area (Å²) in [6.07, 6.45) is 5.83. The fraction of sp³-hybridized carbons (Fsp3) is 0.529. The maximum atomic E-state index is 10.8. The highest BCUT2D eigenvalue weighted by Crippen LogP contribution is 2.36. The molecule has 0 amide bonds. The van der Waals surface area contributed by atoms with E-state index in [0.29, 0.717) is 11.3 Å². The fourth-order valence-electron chi connectivity index (χ4n) is 2.53. The van der Waals surface area contributed by atoms with Crippen LogP contribution in [0.1, 0.15) is 49.8 Å². The molecule has 0 fully saturated rings. The van der Waals surface area contributed by atoms with E-state index in [9.17, 15) is 10.1 Å². The second-order valence-corrected chi connectivity index (χ2v) is 5.30. The van der Waals surface area contributed by atoms with E-state index in [1.165, 1.54) is 13.0 Å². The first-order chi connectivity index (χ1) is 10.5. The predicted octanol–water partition coefficient (Wildman–Crippen LogP) is 4.38. The zero-order valence-electron chi connectivity index (χ0n) is 14.1. The van der Waals surface area contributed by atoms with Gasteiger partial charge in [-0.15, -0.1) is 0 Å². The molecule has 0 atom stereocenters. The molecule has 0 aliphatic rings. The maximum Gasteiger partial charge on any atom is 0.243 e. The number of rotatable bonds is 8. The van der Waals surface area contributed by atoms with Crippen molar-refractivity contribution in [3.05, 3.63) is 38.6 Å². The van der Waals surface area contributed by atoms with Gasteiger partial charge < -0.3 is 9.47 Å². The Hall–Kier alpha value is -2.04. The molecule has 1 rings (SSSR count). The van der Waals surface area contributed by atoms with Gasteiger partial charge in [0.1, 0.15) is 11.5 Å². The van der Waals surface area contributed by atoms with E-state index in [-0.39, 0.29) is 5.70 Å². The molecule has 0 spiro atoms. The first kappa shape index (κ1) is 18.0. The number of nitro groups is 1. The highest BCUT2D eigenvalue weighted by atomic mass is 16.6. The lowest BCUT2D eigenvalue weighted by atomic mass is 9.96. The lowest BCUT2D eigenvalue weighted by Crippen LogP contribution is -2.02. The summed E-state index contributed by atoms with van der Waals surface area (Å²) in [5.41, 5.74) is 2.84. The molecule has 5 heteroatoms. The number of hydrogen-bond acceptors (Lipinski definition) is 4. The first-order valence-electron chi connectivity index (χ1n) is 7.53. The SMILES string of the molecule is CCCCCc1c(OC)cc(/C=C(\C)[N+](=O)[O-])c(OC)c1C. The number of methoxy groups -OCH3 is 2. The maximum absolute atomic E-state index is 10.8. The molecule has 0 saturated heterocycles. The van der Waals surface area contributed by atoms with Crippen molar-refractivity contribution in [3.8, 4) is 11.5 Å². The van der Waals surface area contributed by atoms with Crippen LogP contribution in [0.15, 0.2) is 11.8 Å². The lowest BCUT2D eigenvalue weighted by molar-refractivity contribution is -0.422. The van der Waals surface area contributed by atoms with Gasteiger partial charge in [0, 0.05) is 24.1 Å². The van der Waals surface area contributed by atoms with Crippen molar-refractivity contribution in [3.63, 3.8) is 0 Å². The van der Waals surface area contributed by atoms with E-state index in [2.05, 4.69) is 6.92 Å². The molecule has 0 unspecified atom stereocenters. The molecule has 0 aliphatic carbocycles. The molecule has 0 heterocycles. The molecule has 122 valence electrons. The summed E-state index contributed by atoms with van der Waals surface area (Å²) in [5, 5.41) is 10.8. The first-order valence-corrected chi connectivity index (χ1v) is 7.53. The van der Waals surface area contributed by atoms with Gasteiger partial charge in [0.15, 0.2) is 0 Å². The molecule has 1 aromatic rings. The van der Waals surface area contributed by atoms with E-state index in [1.54, 1.807) is 14.2 Å². The molecule has 5 nitrogen and oxygen atoms in total. The predicted molar refractivity (Wildman–Crippen MR) is 88.2 cm³/mol. The van der Waals surface area contributed by atoms with Crippen molar-refractivity contribution >= 4 is 6.08 Å². The van der Waals surface area contributed by atoms with E-state index in [4.69, 9.17) is 9.47 Å². The largest absolute Gasteiger partial charge is 0.496 e. The summed E-state index contributed by atoms with van der Waals surface area (Å²) in [4.78, 5) is 10.4. The monoisotopic (exact) mass is 307 g/mol. The summed E-state index contributed by atoms with van der Waals surface area (Å²) in [6, 6.07) is 1.82. The van der Waals surface area contributed by atoms with Crippen LogP contribution in [-0.2, 0) is 6.42 Å². The number of unbranched alkanes of at least 4 members (excludes halogenated alkanes) is 2. The van der Waals surface area contributed by atoms with Crippen LogP contribution >= 0.6 is 0 Å². The smallest absolute Gasteiger partial charge is 0.243 e. The van der Waals surface area contributed by atoms with Crippen molar-refractivity contribution in [1.29, 1.82) is 0 Å². The van der Waals surface area contributed by atoms with Crippen LogP contribution in [0.25, 0.3) is 6.08 Å². The minimum absolute atomic E-state index is 0.0680. The molecular weight excluding hydrogens is 282 g/mol. The number of ether oxygens (including phenoxy) is 2. The molecular formula is C17H25NO4. The van der Waals surface area contributed by atoms with Crippen LogP contribution < -0.4 is 9.47 Å². The van der Waals surface area contributed by atoms with Gasteiger partial charge in [0.25, 0.3) is 0 Å². The topological polar surface area (TPSA) is 61.6 Å². The molecule has 0 radical (unpaired) electrons. The molecule has 22 heavy (non-hydrogen) atoms. The fourth-order valence-corrected chi connectivity index (χ4v) is 2.53. The third-order valence-electron chi connectivity index (χ3n) is 3.75. The molecule has 0 saturated carbocycles. The summed E-state index contributed by atoms with van der Waals surface area (Å²) in [6.45, 7) is 5.61. The van der Waals surface area contributed by atoms with Crippen LogP contribution in [0.4, 0.5) is 0 Å². The second kappa shape index (κ2) is 8.41. The summed E-state index contributed by atoms with van der Waals surface area (Å²) < 4.78 is 11.0. The van der Waals surface area contributed by atoms with E-state index < -0.39 is 4.92 Å². The van der Waals surface area contributed by atoms with Crippen LogP contribution in [0.5, 0.6) is 11.5 Å². The third kappa shape index (κ3) is 4.23. The Bertz CT molecular complexity index is 564. The van der Waals surface area contributed by atoms with Crippen LogP contribution in [0.3, 0.4) is 0 Å². The minimum Gasteiger partial charge on any atom is -0.496 e. The van der Waals surface area contributed by atoms with Crippen LogP contribution in [-0.4, -0.2) is 19.1 Å². The Morgan fingerprint density at radius 2 is 2.00 bits per heavy atom. The Balaban J connectivity index is 3.34. The molecule has 0 aliphatic heterocycles. The number of benzene rings is 1. The average Bonchev–Trinajstić information content (AvgIpc) is 2.49. The van der Waals surface area contributed by atoms with Gasteiger partial charge in [-0.05, 0) is 31.4 Å². The Morgan fingerprint density at radius 3 is 2.50 bits per heavy atom. The molecule has 0 N–H and O–H groups in total. The summed E-state index contributed by atoms with van der Waals surface area (Å²) in [7, 11) is 3.21. The Morgan fingerprint density at radius 1 is 1.32 bits per heavy atom. The van der Waals surface area contributed by atoms with Gasteiger partial charge in [0.05, 0.1) is 19.1 Å². The molecule has 0 bridgehead atoms. The van der Waals surface area contributed by atoms with Crippen molar-refractivity contribution in [2.75, 3.05) is 14.2 Å². The summed E-state index contributed by atoms with van der Waals surface area (Å²) in [5.74, 6) is 1.44. The van der Waals surface area contributed by atoms with E-state index >= 15 is 0 Å². The highest BCUT2D eigenvalue weighted by Gasteiger charge is 2.17. The van der Waals surface area contributed by atoms with Gasteiger partial charge in [0.2, 0.25) is 5.70 Å². The average molecular weight is 307 g/mol. The van der Waals surface area contributed by atoms with Crippen molar-refractivity contribution < 1.29 is 14.4 Å². The van der Waals surface area contributed by atoms with Gasteiger partial charge in [-0.2, -0.15) is 0 Å². The second-order valence-electron chi connectivity index (χ2n) is 5.30. The Labute approximate surface area is 132 Å². The van der Waals surface area contributed by atoms with Gasteiger partial charge >= 0.3 is 0 Å². The summed E-state index contributed by atoms with van der Waals surface area (Å²) >= 11 is 0. The number of hydrogen-bond donors (Lipinski definition) is 0. The zero-order chi connectivity index (χ0) is 16.7. The van der Waals surface area contributed by atoms with Crippen LogP contribution in [0, 0.1) is 17.0 Å². The quantitative estimate of drug-likeness (QED) is 0.406. The molecule has 0 aromatic heterocycles. The number of allylic oxidation sites excluding steroid dienone is 1. The Kier molecular flexibility index (Phi) is 6.89. The zero-order valence-corrected chi connectivity index (χ0v) is 14.1. The number of nitrogens with zero attached hydrogens (tertiary/aromatic N) is 1. The normalized spacial score (nSPS) is 11.4. The highest BCUT2D eigenvalue weighted by molar-refractivity contribution is 5.65. The standard InChI is InChI=1S/C17H25NO4/c1-6-7-8-9-15-13(3)17(22-5)14(11-16(15)21-4)10-12(2)18(19)20/h10-11H,6-9H2,1-5H3/b12-10+. The van der Waals surface area contributed by atoms with Gasteiger partial charge in [-0.3, -0.25) is 10.1 Å². The van der Waals surface area contributed by atoms with Crippen molar-refractivity contribution in [2.24, 2.45) is 0 Å². The minimum atomic E-state index is -0.406. The van der Waals surface area contributed by atoms with Gasteiger partial charge in [-0.25, -0.2) is 0 Å². The van der Waals surface area contributed by atoms with Crippen molar-refractivity contribution in [1.82, 2.24) is 0 Å². The van der Waals surface area contributed by atoms with Crippen LogP contribution in [0.2, 0.25) is 0 Å².